The van der Waals surface area contributed by atoms with E-state index in [4.69, 9.17) is 0 Å². The largest absolute Gasteiger partial charge is 0.346 e. The normalized spacial score (nSPS) is 15.4. The zero-order chi connectivity index (χ0) is 15.5. The Hall–Kier alpha value is -2.10. The molecule has 22 heavy (non-hydrogen) atoms. The number of aromatic nitrogens is 2. The number of rotatable bonds is 4. The summed E-state index contributed by atoms with van der Waals surface area (Å²) in [4.78, 5) is 21.7. The monoisotopic (exact) mass is 297 g/mol. The first kappa shape index (κ1) is 14.8. The van der Waals surface area contributed by atoms with Crippen molar-refractivity contribution in [3.63, 3.8) is 0 Å². The zero-order valence-electron chi connectivity index (χ0n) is 13.3. The van der Waals surface area contributed by atoms with Crippen LogP contribution in [0.3, 0.4) is 0 Å². The number of hydrogen-bond donors (Lipinski definition) is 1. The number of carbonyl (C=O) groups excluding carboxylic acids is 1. The van der Waals surface area contributed by atoms with Crippen LogP contribution in [0, 0.1) is 5.92 Å². The van der Waals surface area contributed by atoms with Gasteiger partial charge in [0.2, 0.25) is 5.91 Å². The van der Waals surface area contributed by atoms with Gasteiger partial charge in [0.1, 0.15) is 5.65 Å². The van der Waals surface area contributed by atoms with Crippen molar-refractivity contribution in [2.45, 2.75) is 33.1 Å². The minimum absolute atomic E-state index is 0.282. The van der Waals surface area contributed by atoms with Gasteiger partial charge in [-0.15, -0.1) is 0 Å². The van der Waals surface area contributed by atoms with Crippen LogP contribution in [0.1, 0.15) is 38.7 Å². The van der Waals surface area contributed by atoms with Crippen LogP contribution in [-0.4, -0.2) is 33.9 Å². The maximum absolute atomic E-state index is 12.2. The number of carbonyl (C=O) groups is 1. The van der Waals surface area contributed by atoms with Gasteiger partial charge in [-0.25, -0.2) is 4.98 Å². The van der Waals surface area contributed by atoms with Gasteiger partial charge >= 0.3 is 0 Å². The molecule has 0 bridgehead atoms. The van der Waals surface area contributed by atoms with Crippen LogP contribution >= 0.6 is 0 Å². The number of fused-ring (bicyclic) bond motifs is 1. The van der Waals surface area contributed by atoms with Crippen LogP contribution in [-0.2, 0) is 4.79 Å². The number of H-pyrrole nitrogens is 1. The van der Waals surface area contributed by atoms with E-state index in [1.54, 1.807) is 6.20 Å². The number of aromatic amines is 1. The third-order valence-corrected chi connectivity index (χ3v) is 4.29. The van der Waals surface area contributed by atoms with Gasteiger partial charge in [-0.2, -0.15) is 0 Å². The van der Waals surface area contributed by atoms with Crippen LogP contribution in [0.25, 0.3) is 16.6 Å². The van der Waals surface area contributed by atoms with Crippen LogP contribution in [0.15, 0.2) is 30.6 Å². The van der Waals surface area contributed by atoms with Crippen molar-refractivity contribution >= 4 is 22.5 Å². The van der Waals surface area contributed by atoms with Gasteiger partial charge in [0, 0.05) is 42.9 Å². The minimum Gasteiger partial charge on any atom is -0.346 e. The molecule has 0 spiro atoms. The second-order valence-corrected chi connectivity index (χ2v) is 6.35. The molecule has 1 N–H and O–H groups in total. The third kappa shape index (κ3) is 3.06. The van der Waals surface area contributed by atoms with E-state index in [-0.39, 0.29) is 5.91 Å². The first-order chi connectivity index (χ1) is 10.6. The van der Waals surface area contributed by atoms with E-state index < -0.39 is 0 Å². The third-order valence-electron chi connectivity index (χ3n) is 4.29. The van der Waals surface area contributed by atoms with Crippen molar-refractivity contribution in [3.05, 3.63) is 36.2 Å². The van der Waals surface area contributed by atoms with Crippen molar-refractivity contribution in [3.8, 4) is 0 Å². The molecule has 0 fully saturated rings. The van der Waals surface area contributed by atoms with Gasteiger partial charge in [-0.05, 0) is 36.5 Å². The van der Waals surface area contributed by atoms with Crippen LogP contribution < -0.4 is 0 Å². The quantitative estimate of drug-likeness (QED) is 0.937. The van der Waals surface area contributed by atoms with Crippen molar-refractivity contribution < 1.29 is 4.79 Å². The lowest BCUT2D eigenvalue weighted by Crippen LogP contribution is -2.34. The average molecular weight is 297 g/mol. The Bertz CT molecular complexity index is 699. The van der Waals surface area contributed by atoms with Crippen molar-refractivity contribution in [1.29, 1.82) is 0 Å². The molecule has 3 rings (SSSR count). The second kappa shape index (κ2) is 6.34. The number of nitrogens with one attached hydrogen (secondary N) is 1. The fourth-order valence-electron chi connectivity index (χ4n) is 2.93. The summed E-state index contributed by atoms with van der Waals surface area (Å²) >= 11 is 0. The lowest BCUT2D eigenvalue weighted by molar-refractivity contribution is -0.131. The molecule has 1 amide bonds. The molecular formula is C18H23N3O. The maximum atomic E-state index is 12.2. The predicted octanol–water partition coefficient (Wildman–Crippen LogP) is 3.61. The number of amides is 1. The summed E-state index contributed by atoms with van der Waals surface area (Å²) in [5, 5.41) is 1.16. The molecular weight excluding hydrogens is 274 g/mol. The molecule has 3 heterocycles. The Labute approximate surface area is 131 Å². The van der Waals surface area contributed by atoms with E-state index in [1.807, 2.05) is 17.2 Å². The molecule has 1 aliphatic rings. The van der Waals surface area contributed by atoms with Gasteiger partial charge in [-0.3, -0.25) is 4.79 Å². The first-order valence-corrected chi connectivity index (χ1v) is 8.04. The lowest BCUT2D eigenvalue weighted by atomic mass is 9.99. The SMILES string of the molecule is CC(C)CCC(=O)N1CC=C(c2c[nH]c3ncccc23)CC1. The van der Waals surface area contributed by atoms with E-state index in [0.29, 0.717) is 12.3 Å². The Balaban J connectivity index is 1.70. The van der Waals surface area contributed by atoms with Gasteiger partial charge < -0.3 is 9.88 Å². The summed E-state index contributed by atoms with van der Waals surface area (Å²) in [6, 6.07) is 4.06. The van der Waals surface area contributed by atoms with E-state index in [2.05, 4.69) is 36.0 Å². The summed E-state index contributed by atoms with van der Waals surface area (Å²) in [7, 11) is 0. The summed E-state index contributed by atoms with van der Waals surface area (Å²) in [5.41, 5.74) is 3.46. The first-order valence-electron chi connectivity index (χ1n) is 8.04. The summed E-state index contributed by atoms with van der Waals surface area (Å²) < 4.78 is 0. The molecule has 0 unspecified atom stereocenters. The molecule has 116 valence electrons. The lowest BCUT2D eigenvalue weighted by Gasteiger charge is -2.27. The second-order valence-electron chi connectivity index (χ2n) is 6.35. The fraction of sp³-hybridized carbons (Fsp3) is 0.444. The van der Waals surface area contributed by atoms with Crippen LogP contribution in [0.4, 0.5) is 0 Å². The van der Waals surface area contributed by atoms with Gasteiger partial charge in [0.15, 0.2) is 0 Å². The molecule has 0 saturated heterocycles. The highest BCUT2D eigenvalue weighted by Crippen LogP contribution is 2.28. The topological polar surface area (TPSA) is 49.0 Å². The van der Waals surface area contributed by atoms with E-state index in [0.717, 1.165) is 37.0 Å². The smallest absolute Gasteiger partial charge is 0.222 e. The number of hydrogen-bond acceptors (Lipinski definition) is 2. The highest BCUT2D eigenvalue weighted by Gasteiger charge is 2.19. The highest BCUT2D eigenvalue weighted by molar-refractivity contribution is 5.91. The van der Waals surface area contributed by atoms with Crippen molar-refractivity contribution in [2.75, 3.05) is 13.1 Å². The zero-order valence-corrected chi connectivity index (χ0v) is 13.3. The van der Waals surface area contributed by atoms with Crippen molar-refractivity contribution in [2.24, 2.45) is 5.92 Å². The van der Waals surface area contributed by atoms with E-state index in [1.165, 1.54) is 11.1 Å². The molecule has 0 aromatic carbocycles. The number of nitrogens with zero attached hydrogens (tertiary/aromatic N) is 2. The van der Waals surface area contributed by atoms with Crippen molar-refractivity contribution in [1.82, 2.24) is 14.9 Å². The maximum Gasteiger partial charge on any atom is 0.222 e. The summed E-state index contributed by atoms with van der Waals surface area (Å²) in [5.74, 6) is 0.864. The summed E-state index contributed by atoms with van der Waals surface area (Å²) in [6.45, 7) is 5.86. The van der Waals surface area contributed by atoms with E-state index >= 15 is 0 Å². The Morgan fingerprint density at radius 3 is 3.05 bits per heavy atom. The molecule has 0 aliphatic carbocycles. The molecule has 0 saturated carbocycles. The Kier molecular flexibility index (Phi) is 4.27. The average Bonchev–Trinajstić information content (AvgIpc) is 2.97. The number of pyridine rings is 1. The molecule has 4 heteroatoms. The van der Waals surface area contributed by atoms with Gasteiger partial charge in [0.25, 0.3) is 0 Å². The standard InChI is InChI=1S/C18H23N3O/c1-13(2)5-6-17(22)21-10-7-14(8-11-21)16-12-20-18-15(16)4-3-9-19-18/h3-4,7,9,12-13H,5-6,8,10-11H2,1-2H3,(H,19,20). The molecule has 2 aromatic heterocycles. The van der Waals surface area contributed by atoms with Gasteiger partial charge in [0.05, 0.1) is 0 Å². The molecule has 0 radical (unpaired) electrons. The fourth-order valence-corrected chi connectivity index (χ4v) is 2.93. The molecule has 1 aliphatic heterocycles. The van der Waals surface area contributed by atoms with Gasteiger partial charge in [-0.1, -0.05) is 19.9 Å². The molecule has 2 aromatic rings. The summed E-state index contributed by atoms with van der Waals surface area (Å²) in [6.07, 6.45) is 8.56. The highest BCUT2D eigenvalue weighted by atomic mass is 16.2. The van der Waals surface area contributed by atoms with E-state index in [9.17, 15) is 4.79 Å². The van der Waals surface area contributed by atoms with Crippen LogP contribution in [0.5, 0.6) is 0 Å². The molecule has 0 atom stereocenters. The predicted molar refractivity (Wildman–Crippen MR) is 89.3 cm³/mol. The Morgan fingerprint density at radius 2 is 2.32 bits per heavy atom. The molecule has 4 nitrogen and oxygen atoms in total. The van der Waals surface area contributed by atoms with Crippen LogP contribution in [0.2, 0.25) is 0 Å². The minimum atomic E-state index is 0.282. The Morgan fingerprint density at radius 1 is 1.45 bits per heavy atom.